The molecule has 6 aromatic rings. The molecule has 9 heteroatoms. The number of benzene rings is 1. The van der Waals surface area contributed by atoms with Crippen molar-refractivity contribution in [3.8, 4) is 33.9 Å². The van der Waals surface area contributed by atoms with Gasteiger partial charge in [0.2, 0.25) is 0 Å². The van der Waals surface area contributed by atoms with Crippen LogP contribution in [-0.4, -0.2) is 40.1 Å². The van der Waals surface area contributed by atoms with Crippen LogP contribution in [0.1, 0.15) is 0 Å². The van der Waals surface area contributed by atoms with E-state index >= 15 is 0 Å². The van der Waals surface area contributed by atoms with Gasteiger partial charge in [0.25, 0.3) is 0 Å². The smallest absolute Gasteiger partial charge is 0.161 e. The molecule has 6 rings (SSSR count). The van der Waals surface area contributed by atoms with Crippen molar-refractivity contribution in [1.82, 2.24) is 40.1 Å². The number of nitrogens with zero attached hydrogens (tertiary/aromatic N) is 6. The van der Waals surface area contributed by atoms with Crippen molar-refractivity contribution in [2.24, 2.45) is 0 Å². The Labute approximate surface area is 174 Å². The number of rotatable bonds is 3. The van der Waals surface area contributed by atoms with Crippen molar-refractivity contribution in [1.29, 1.82) is 0 Å². The second-order valence-corrected chi connectivity index (χ2v) is 6.94. The van der Waals surface area contributed by atoms with Crippen LogP contribution in [-0.2, 0) is 0 Å². The Hall–Kier alpha value is -4.53. The SMILES string of the molecule is Fc1ccccc1-c1cncc2[nH]c(-c3n[nH]c4ccc(-c5cncnc5)nc34)nc12. The second-order valence-electron chi connectivity index (χ2n) is 6.94. The molecule has 0 saturated carbocycles. The average Bonchev–Trinajstić information content (AvgIpc) is 3.43. The number of H-pyrrole nitrogens is 2. The van der Waals surface area contributed by atoms with Crippen molar-refractivity contribution < 1.29 is 4.39 Å². The van der Waals surface area contributed by atoms with Gasteiger partial charge in [0, 0.05) is 35.3 Å². The average molecular weight is 408 g/mol. The van der Waals surface area contributed by atoms with Gasteiger partial charge in [-0.05, 0) is 18.2 Å². The van der Waals surface area contributed by atoms with Crippen LogP contribution >= 0.6 is 0 Å². The predicted octanol–water partition coefficient (Wildman–Crippen LogP) is 4.16. The van der Waals surface area contributed by atoms with Crippen LogP contribution in [0.4, 0.5) is 4.39 Å². The lowest BCUT2D eigenvalue weighted by Crippen LogP contribution is -1.88. The lowest BCUT2D eigenvalue weighted by molar-refractivity contribution is 0.631. The summed E-state index contributed by atoms with van der Waals surface area (Å²) in [5, 5.41) is 7.39. The Morgan fingerprint density at radius 1 is 0.742 bits per heavy atom. The van der Waals surface area contributed by atoms with Crippen LogP contribution in [0.2, 0.25) is 0 Å². The third-order valence-electron chi connectivity index (χ3n) is 5.05. The molecule has 0 saturated heterocycles. The topological polar surface area (TPSA) is 109 Å². The molecule has 0 aliphatic heterocycles. The zero-order valence-corrected chi connectivity index (χ0v) is 15.9. The molecule has 0 unspecified atom stereocenters. The third-order valence-corrected chi connectivity index (χ3v) is 5.05. The van der Waals surface area contributed by atoms with E-state index in [1.54, 1.807) is 43.0 Å². The fourth-order valence-corrected chi connectivity index (χ4v) is 3.58. The summed E-state index contributed by atoms with van der Waals surface area (Å²) < 4.78 is 14.4. The highest BCUT2D eigenvalue weighted by Gasteiger charge is 2.18. The van der Waals surface area contributed by atoms with E-state index in [0.717, 1.165) is 16.8 Å². The molecule has 0 atom stereocenters. The molecule has 0 aliphatic rings. The molecule has 31 heavy (non-hydrogen) atoms. The number of pyridine rings is 2. The maximum Gasteiger partial charge on any atom is 0.161 e. The highest BCUT2D eigenvalue weighted by molar-refractivity contribution is 5.95. The number of hydrogen-bond donors (Lipinski definition) is 2. The number of fused-ring (bicyclic) bond motifs is 2. The minimum Gasteiger partial charge on any atom is -0.335 e. The molecule has 0 fully saturated rings. The van der Waals surface area contributed by atoms with Crippen molar-refractivity contribution >= 4 is 22.1 Å². The van der Waals surface area contributed by atoms with Crippen LogP contribution in [0.5, 0.6) is 0 Å². The Morgan fingerprint density at radius 2 is 1.61 bits per heavy atom. The summed E-state index contributed by atoms with van der Waals surface area (Å²) in [7, 11) is 0. The molecule has 0 bridgehead atoms. The summed E-state index contributed by atoms with van der Waals surface area (Å²) in [5.74, 6) is 0.184. The molecule has 0 radical (unpaired) electrons. The monoisotopic (exact) mass is 408 g/mol. The normalized spacial score (nSPS) is 11.4. The molecule has 8 nitrogen and oxygen atoms in total. The van der Waals surface area contributed by atoms with Crippen LogP contribution in [0.15, 0.2) is 67.5 Å². The van der Waals surface area contributed by atoms with Crippen molar-refractivity contribution in [3.05, 3.63) is 73.3 Å². The van der Waals surface area contributed by atoms with Crippen LogP contribution in [0.25, 0.3) is 56.0 Å². The number of aromatic nitrogens is 8. The molecule has 0 amide bonds. The quantitative estimate of drug-likeness (QED) is 0.455. The van der Waals surface area contributed by atoms with E-state index < -0.39 is 0 Å². The first kappa shape index (κ1) is 17.3. The number of aromatic amines is 2. The minimum atomic E-state index is -0.331. The van der Waals surface area contributed by atoms with Gasteiger partial charge in [0.15, 0.2) is 11.5 Å². The zero-order chi connectivity index (χ0) is 20.8. The minimum absolute atomic E-state index is 0.331. The Morgan fingerprint density at radius 3 is 2.48 bits per heavy atom. The molecule has 2 N–H and O–H groups in total. The fraction of sp³-hybridized carbons (Fsp3) is 0. The lowest BCUT2D eigenvalue weighted by atomic mass is 10.1. The van der Waals surface area contributed by atoms with Gasteiger partial charge in [-0.3, -0.25) is 10.1 Å². The van der Waals surface area contributed by atoms with Crippen LogP contribution in [0, 0.1) is 5.82 Å². The van der Waals surface area contributed by atoms with Crippen molar-refractivity contribution in [3.63, 3.8) is 0 Å². The van der Waals surface area contributed by atoms with Gasteiger partial charge in [-0.25, -0.2) is 24.3 Å². The predicted molar refractivity (Wildman–Crippen MR) is 113 cm³/mol. The maximum atomic E-state index is 14.4. The van der Waals surface area contributed by atoms with Crippen LogP contribution in [0.3, 0.4) is 0 Å². The summed E-state index contributed by atoms with van der Waals surface area (Å²) in [5.41, 5.74) is 5.84. The largest absolute Gasteiger partial charge is 0.335 e. The Balaban J connectivity index is 1.53. The number of halogens is 1. The number of imidazole rings is 1. The molecule has 5 aromatic heterocycles. The van der Waals surface area contributed by atoms with E-state index in [4.69, 9.17) is 9.97 Å². The van der Waals surface area contributed by atoms with Gasteiger partial charge in [0.1, 0.15) is 23.2 Å². The first-order chi connectivity index (χ1) is 15.3. The molecule has 0 aliphatic carbocycles. The molecule has 5 heterocycles. The highest BCUT2D eigenvalue weighted by Crippen LogP contribution is 2.32. The van der Waals surface area contributed by atoms with E-state index in [1.165, 1.54) is 12.4 Å². The zero-order valence-electron chi connectivity index (χ0n) is 15.9. The van der Waals surface area contributed by atoms with E-state index in [0.29, 0.717) is 39.2 Å². The molecule has 1 aromatic carbocycles. The summed E-state index contributed by atoms with van der Waals surface area (Å²) >= 11 is 0. The number of hydrogen-bond acceptors (Lipinski definition) is 6. The first-order valence-electron chi connectivity index (χ1n) is 9.47. The molecule has 148 valence electrons. The molecular formula is C22H13FN8. The Kier molecular flexibility index (Phi) is 3.79. The first-order valence-corrected chi connectivity index (χ1v) is 9.47. The maximum absolute atomic E-state index is 14.4. The standard InChI is InChI=1S/C22H13FN8/c23-15-4-2-1-3-13(15)14-9-24-10-18-19(14)29-22(28-18)21-20-17(30-31-21)6-5-16(27-20)12-7-25-11-26-8-12/h1-11H,(H,28,29)(H,30,31). The lowest BCUT2D eigenvalue weighted by Gasteiger charge is -2.03. The van der Waals surface area contributed by atoms with Crippen molar-refractivity contribution in [2.45, 2.75) is 0 Å². The molecule has 0 spiro atoms. The third kappa shape index (κ3) is 2.83. The molecular weight excluding hydrogens is 395 g/mol. The summed E-state index contributed by atoms with van der Waals surface area (Å²) in [6.45, 7) is 0. The second kappa shape index (κ2) is 6.77. The summed E-state index contributed by atoms with van der Waals surface area (Å²) in [6, 6.07) is 10.3. The van der Waals surface area contributed by atoms with E-state index in [-0.39, 0.29) is 5.82 Å². The van der Waals surface area contributed by atoms with E-state index in [9.17, 15) is 4.39 Å². The number of nitrogens with one attached hydrogen (secondary N) is 2. The summed E-state index contributed by atoms with van der Waals surface area (Å²) in [4.78, 5) is 25.0. The van der Waals surface area contributed by atoms with Gasteiger partial charge in [-0.1, -0.05) is 18.2 Å². The van der Waals surface area contributed by atoms with E-state index in [1.807, 2.05) is 12.1 Å². The fourth-order valence-electron chi connectivity index (χ4n) is 3.58. The van der Waals surface area contributed by atoms with Crippen molar-refractivity contribution in [2.75, 3.05) is 0 Å². The van der Waals surface area contributed by atoms with Gasteiger partial charge in [-0.2, -0.15) is 5.10 Å². The summed E-state index contributed by atoms with van der Waals surface area (Å²) in [6.07, 6.45) is 8.15. The van der Waals surface area contributed by atoms with Gasteiger partial charge >= 0.3 is 0 Å². The van der Waals surface area contributed by atoms with Gasteiger partial charge in [0.05, 0.1) is 22.9 Å². The van der Waals surface area contributed by atoms with Gasteiger partial charge in [-0.15, -0.1) is 0 Å². The highest BCUT2D eigenvalue weighted by atomic mass is 19.1. The van der Waals surface area contributed by atoms with Gasteiger partial charge < -0.3 is 4.98 Å². The van der Waals surface area contributed by atoms with E-state index in [2.05, 4.69) is 30.1 Å². The Bertz CT molecular complexity index is 1550. The van der Waals surface area contributed by atoms with Crippen LogP contribution < -0.4 is 0 Å².